The lowest BCUT2D eigenvalue weighted by molar-refractivity contribution is 0.0341. The molecule has 4 rings (SSSR count). The van der Waals surface area contributed by atoms with Gasteiger partial charge in [-0.2, -0.15) is 9.89 Å². The van der Waals surface area contributed by atoms with Crippen LogP contribution in [0.4, 0.5) is 5.82 Å². The summed E-state index contributed by atoms with van der Waals surface area (Å²) < 4.78 is 11.6. The van der Waals surface area contributed by atoms with Crippen molar-refractivity contribution in [3.05, 3.63) is 71.7 Å². The number of rotatable bonds is 7. The smallest absolute Gasteiger partial charge is 0.189 e. The molecule has 28 heavy (non-hydrogen) atoms. The van der Waals surface area contributed by atoms with Crippen LogP contribution < -0.4 is 10.2 Å². The van der Waals surface area contributed by atoms with Crippen LogP contribution in [-0.2, 0) is 17.9 Å². The maximum absolute atomic E-state index is 6.12. The molecule has 1 aromatic carbocycles. The van der Waals surface area contributed by atoms with Gasteiger partial charge in [0.1, 0.15) is 6.61 Å². The van der Waals surface area contributed by atoms with E-state index in [2.05, 4.69) is 38.6 Å². The Labute approximate surface area is 164 Å². The lowest BCUT2D eigenvalue weighted by Gasteiger charge is -2.26. The van der Waals surface area contributed by atoms with Crippen molar-refractivity contribution < 1.29 is 9.47 Å². The average molecular weight is 379 g/mol. The summed E-state index contributed by atoms with van der Waals surface area (Å²) >= 11 is 0. The Morgan fingerprint density at radius 2 is 1.93 bits per heavy atom. The van der Waals surface area contributed by atoms with E-state index in [0.29, 0.717) is 18.2 Å². The number of anilines is 1. The van der Waals surface area contributed by atoms with E-state index in [1.165, 1.54) is 0 Å². The molecule has 2 aromatic heterocycles. The molecule has 146 valence electrons. The molecule has 1 fully saturated rings. The van der Waals surface area contributed by atoms with Crippen molar-refractivity contribution in [1.29, 1.82) is 0 Å². The van der Waals surface area contributed by atoms with Gasteiger partial charge in [-0.25, -0.2) is 4.98 Å². The van der Waals surface area contributed by atoms with Gasteiger partial charge in [0.15, 0.2) is 11.6 Å². The molecule has 7 heteroatoms. The van der Waals surface area contributed by atoms with Crippen LogP contribution in [0.3, 0.4) is 0 Å². The van der Waals surface area contributed by atoms with Crippen LogP contribution in [0.1, 0.15) is 16.7 Å². The molecule has 7 nitrogen and oxygen atoms in total. The van der Waals surface area contributed by atoms with Crippen LogP contribution >= 0.6 is 0 Å². The quantitative estimate of drug-likeness (QED) is 0.681. The number of hydrogen-bond acceptors (Lipinski definition) is 6. The highest BCUT2D eigenvalue weighted by Crippen LogP contribution is 2.25. The van der Waals surface area contributed by atoms with Gasteiger partial charge in [0.05, 0.1) is 25.6 Å². The van der Waals surface area contributed by atoms with Crippen molar-refractivity contribution >= 4 is 5.82 Å². The summed E-state index contributed by atoms with van der Waals surface area (Å²) in [6.07, 6.45) is 5.60. The Bertz CT molecular complexity index is 891. The number of nitrogens with one attached hydrogen (secondary N) is 1. The van der Waals surface area contributed by atoms with E-state index in [1.807, 2.05) is 37.5 Å². The van der Waals surface area contributed by atoms with Gasteiger partial charge in [-0.15, -0.1) is 0 Å². The molecule has 0 amide bonds. The van der Waals surface area contributed by atoms with E-state index in [9.17, 15) is 0 Å². The molecule has 0 unspecified atom stereocenters. The predicted octanol–water partition coefficient (Wildman–Crippen LogP) is 2.87. The van der Waals surface area contributed by atoms with Crippen LogP contribution in [0.15, 0.2) is 55.0 Å². The highest BCUT2D eigenvalue weighted by atomic mass is 16.5. The van der Waals surface area contributed by atoms with E-state index in [4.69, 9.17) is 9.47 Å². The Morgan fingerprint density at radius 1 is 1.11 bits per heavy atom. The zero-order chi connectivity index (χ0) is 19.2. The fourth-order valence-electron chi connectivity index (χ4n) is 3.10. The van der Waals surface area contributed by atoms with E-state index in [0.717, 1.165) is 49.5 Å². The van der Waals surface area contributed by atoms with Crippen LogP contribution in [0.2, 0.25) is 0 Å². The van der Waals surface area contributed by atoms with Crippen molar-refractivity contribution in [2.24, 2.45) is 0 Å². The van der Waals surface area contributed by atoms with Gasteiger partial charge in [-0.3, -0.25) is 10.3 Å². The molecule has 0 radical (unpaired) electrons. The molecule has 1 saturated heterocycles. The summed E-state index contributed by atoms with van der Waals surface area (Å²) in [4.78, 5) is 8.62. The summed E-state index contributed by atoms with van der Waals surface area (Å²) in [5.41, 5.74) is 6.50. The molecular formula is C21H25N5O2. The van der Waals surface area contributed by atoms with Gasteiger partial charge >= 0.3 is 0 Å². The van der Waals surface area contributed by atoms with Crippen LogP contribution in [0.5, 0.6) is 5.75 Å². The Kier molecular flexibility index (Phi) is 5.84. The first-order valence-corrected chi connectivity index (χ1v) is 9.50. The minimum atomic E-state index is 0.482. The third-order valence-electron chi connectivity index (χ3n) is 4.59. The van der Waals surface area contributed by atoms with Crippen LogP contribution in [-0.4, -0.2) is 46.1 Å². The number of aryl methyl sites for hydroxylation is 1. The van der Waals surface area contributed by atoms with Gasteiger partial charge in [0, 0.05) is 25.8 Å². The van der Waals surface area contributed by atoms with Crippen LogP contribution in [0, 0.1) is 6.92 Å². The average Bonchev–Trinajstić information content (AvgIpc) is 3.14. The SMILES string of the molecule is Cc1cnn(Nc2ncc(CN3CCOCC3)cc2OCc2ccccc2)c1. The minimum Gasteiger partial charge on any atom is -0.485 e. The number of pyridine rings is 1. The second-order valence-electron chi connectivity index (χ2n) is 6.93. The first-order chi connectivity index (χ1) is 13.8. The van der Waals surface area contributed by atoms with Crippen molar-refractivity contribution in [1.82, 2.24) is 19.8 Å². The maximum Gasteiger partial charge on any atom is 0.189 e. The zero-order valence-corrected chi connectivity index (χ0v) is 16.0. The maximum atomic E-state index is 6.12. The third kappa shape index (κ3) is 4.88. The van der Waals surface area contributed by atoms with Gasteiger partial charge in [-0.1, -0.05) is 30.3 Å². The number of benzene rings is 1. The lowest BCUT2D eigenvalue weighted by atomic mass is 10.2. The van der Waals surface area contributed by atoms with Gasteiger partial charge < -0.3 is 9.47 Å². The topological polar surface area (TPSA) is 64.4 Å². The Balaban J connectivity index is 1.53. The summed E-state index contributed by atoms with van der Waals surface area (Å²) in [5, 5.41) is 4.27. The fourth-order valence-corrected chi connectivity index (χ4v) is 3.10. The van der Waals surface area contributed by atoms with Crippen molar-refractivity contribution in [3.63, 3.8) is 0 Å². The van der Waals surface area contributed by atoms with E-state index in [-0.39, 0.29) is 0 Å². The number of aromatic nitrogens is 3. The summed E-state index contributed by atoms with van der Waals surface area (Å²) in [7, 11) is 0. The van der Waals surface area contributed by atoms with Crippen molar-refractivity contribution in [2.75, 3.05) is 31.7 Å². The molecule has 1 aliphatic rings. The molecule has 0 aliphatic carbocycles. The predicted molar refractivity (Wildman–Crippen MR) is 107 cm³/mol. The van der Waals surface area contributed by atoms with E-state index >= 15 is 0 Å². The standard InChI is InChI=1S/C21H25N5O2/c1-17-12-23-26(14-17)24-21-20(28-16-18-5-3-2-4-6-18)11-19(13-22-21)15-25-7-9-27-10-8-25/h2-6,11-14H,7-10,15-16H2,1H3,(H,22,24). The van der Waals surface area contributed by atoms with Crippen LogP contribution in [0.25, 0.3) is 0 Å². The van der Waals surface area contributed by atoms with Gasteiger partial charge in [0.2, 0.25) is 0 Å². The molecular weight excluding hydrogens is 354 g/mol. The second-order valence-corrected chi connectivity index (χ2v) is 6.93. The second kappa shape index (κ2) is 8.86. The number of morpholine rings is 1. The van der Waals surface area contributed by atoms with Gasteiger partial charge in [-0.05, 0) is 29.7 Å². The first-order valence-electron chi connectivity index (χ1n) is 9.50. The zero-order valence-electron chi connectivity index (χ0n) is 16.0. The molecule has 0 spiro atoms. The largest absolute Gasteiger partial charge is 0.485 e. The van der Waals surface area contributed by atoms with Crippen molar-refractivity contribution in [2.45, 2.75) is 20.1 Å². The lowest BCUT2D eigenvalue weighted by Crippen LogP contribution is -2.35. The summed E-state index contributed by atoms with van der Waals surface area (Å²) in [6.45, 7) is 6.75. The number of nitrogens with zero attached hydrogens (tertiary/aromatic N) is 4. The molecule has 0 bridgehead atoms. The number of ether oxygens (including phenoxy) is 2. The molecule has 3 aromatic rings. The first kappa shape index (κ1) is 18.5. The highest BCUT2D eigenvalue weighted by Gasteiger charge is 2.14. The molecule has 0 atom stereocenters. The highest BCUT2D eigenvalue weighted by molar-refractivity contribution is 5.51. The minimum absolute atomic E-state index is 0.482. The van der Waals surface area contributed by atoms with Crippen molar-refractivity contribution in [3.8, 4) is 5.75 Å². The van der Waals surface area contributed by atoms with E-state index < -0.39 is 0 Å². The monoisotopic (exact) mass is 379 g/mol. The summed E-state index contributed by atoms with van der Waals surface area (Å²) in [6, 6.07) is 12.2. The molecule has 1 aliphatic heterocycles. The number of hydrogen-bond donors (Lipinski definition) is 1. The van der Waals surface area contributed by atoms with Gasteiger partial charge in [0.25, 0.3) is 0 Å². The Morgan fingerprint density at radius 3 is 2.68 bits per heavy atom. The normalized spacial score (nSPS) is 14.8. The molecule has 3 heterocycles. The Hall–Kier alpha value is -2.90. The summed E-state index contributed by atoms with van der Waals surface area (Å²) in [5.74, 6) is 1.35. The molecule has 0 saturated carbocycles. The van der Waals surface area contributed by atoms with E-state index in [1.54, 1.807) is 11.0 Å². The molecule has 1 N–H and O–H groups in total. The third-order valence-corrected chi connectivity index (χ3v) is 4.59. The fraction of sp³-hybridized carbons (Fsp3) is 0.333.